The molecule has 0 spiro atoms. The second-order valence-corrected chi connectivity index (χ2v) is 8.09. The molecule has 2 aromatic carbocycles. The third-order valence-corrected chi connectivity index (χ3v) is 5.75. The SMILES string of the molecule is CCCN1C(=O)[C@H](CC(=O)O)C[C@H](c2cccc(Cl)c2)C1c1ccc(Cl)cc1. The molecule has 3 atom stereocenters. The van der Waals surface area contributed by atoms with Gasteiger partial charge in [0.1, 0.15) is 0 Å². The number of hydrogen-bond donors (Lipinski definition) is 1. The average molecular weight is 420 g/mol. The Bertz CT molecular complexity index is 853. The summed E-state index contributed by atoms with van der Waals surface area (Å²) in [5, 5.41) is 10.6. The summed E-state index contributed by atoms with van der Waals surface area (Å²) in [6, 6.07) is 15.0. The number of aliphatic carboxylic acids is 1. The first-order valence-electron chi connectivity index (χ1n) is 9.44. The Morgan fingerprint density at radius 3 is 2.43 bits per heavy atom. The third-order valence-electron chi connectivity index (χ3n) is 5.26. The summed E-state index contributed by atoms with van der Waals surface area (Å²) < 4.78 is 0. The number of carboxylic acid groups (broad SMARTS) is 1. The van der Waals surface area contributed by atoms with Crippen LogP contribution in [0.15, 0.2) is 48.5 Å². The standard InChI is InChI=1S/C22H23Cl2NO3/c1-2-10-25-21(14-6-8-17(23)9-7-14)19(15-4-3-5-18(24)11-15)12-16(22(25)28)13-20(26)27/h3-9,11,16,19,21H,2,10,12-13H2,1H3,(H,26,27)/t16-,19+,21?/m0/s1. The molecule has 1 N–H and O–H groups in total. The van der Waals surface area contributed by atoms with Crippen molar-refractivity contribution in [1.29, 1.82) is 0 Å². The van der Waals surface area contributed by atoms with Crippen molar-refractivity contribution in [2.24, 2.45) is 5.92 Å². The van der Waals surface area contributed by atoms with E-state index < -0.39 is 11.9 Å². The molecule has 0 bridgehead atoms. The van der Waals surface area contributed by atoms with Crippen molar-refractivity contribution in [1.82, 2.24) is 4.90 Å². The van der Waals surface area contributed by atoms with Gasteiger partial charge in [-0.15, -0.1) is 0 Å². The summed E-state index contributed by atoms with van der Waals surface area (Å²) >= 11 is 12.3. The predicted octanol–water partition coefficient (Wildman–Crippen LogP) is 5.55. The van der Waals surface area contributed by atoms with Crippen LogP contribution in [0.5, 0.6) is 0 Å². The Morgan fingerprint density at radius 1 is 1.11 bits per heavy atom. The maximum atomic E-state index is 13.2. The van der Waals surface area contributed by atoms with E-state index in [-0.39, 0.29) is 24.3 Å². The molecule has 1 aliphatic rings. The second kappa shape index (κ2) is 8.97. The third kappa shape index (κ3) is 4.50. The number of piperidine rings is 1. The first kappa shape index (κ1) is 20.7. The molecule has 1 unspecified atom stereocenters. The predicted molar refractivity (Wildman–Crippen MR) is 111 cm³/mol. The number of halogens is 2. The number of nitrogens with zero attached hydrogens (tertiary/aromatic N) is 1. The Labute approximate surface area is 175 Å². The Hall–Kier alpha value is -2.04. The molecule has 0 radical (unpaired) electrons. The van der Waals surface area contributed by atoms with Gasteiger partial charge in [0.25, 0.3) is 0 Å². The Balaban J connectivity index is 2.09. The summed E-state index contributed by atoms with van der Waals surface area (Å²) in [6.45, 7) is 2.58. The molecule has 3 rings (SSSR count). The average Bonchev–Trinajstić information content (AvgIpc) is 2.65. The fourth-order valence-electron chi connectivity index (χ4n) is 4.12. The van der Waals surface area contributed by atoms with Crippen LogP contribution in [0.25, 0.3) is 0 Å². The number of likely N-dealkylation sites (tertiary alicyclic amines) is 1. The molecule has 2 aromatic rings. The van der Waals surface area contributed by atoms with Crippen LogP contribution in [0.1, 0.15) is 49.3 Å². The highest BCUT2D eigenvalue weighted by atomic mass is 35.5. The molecule has 148 valence electrons. The highest BCUT2D eigenvalue weighted by Gasteiger charge is 2.43. The van der Waals surface area contributed by atoms with Crippen LogP contribution in [-0.2, 0) is 9.59 Å². The summed E-state index contributed by atoms with van der Waals surface area (Å²) in [5.74, 6) is -1.64. The largest absolute Gasteiger partial charge is 0.481 e. The quantitative estimate of drug-likeness (QED) is 0.667. The lowest BCUT2D eigenvalue weighted by Crippen LogP contribution is -2.47. The number of benzene rings is 2. The zero-order valence-corrected chi connectivity index (χ0v) is 17.2. The van der Waals surface area contributed by atoms with Crippen molar-refractivity contribution < 1.29 is 14.7 Å². The Morgan fingerprint density at radius 2 is 1.82 bits per heavy atom. The zero-order valence-electron chi connectivity index (χ0n) is 15.6. The monoisotopic (exact) mass is 419 g/mol. The molecule has 1 aliphatic heterocycles. The minimum atomic E-state index is -0.954. The highest BCUT2D eigenvalue weighted by molar-refractivity contribution is 6.30. The molecular weight excluding hydrogens is 397 g/mol. The molecular formula is C22H23Cl2NO3. The minimum Gasteiger partial charge on any atom is -0.481 e. The van der Waals surface area contributed by atoms with Crippen LogP contribution in [0.4, 0.5) is 0 Å². The van der Waals surface area contributed by atoms with Gasteiger partial charge in [-0.3, -0.25) is 9.59 Å². The molecule has 0 aliphatic carbocycles. The van der Waals surface area contributed by atoms with Gasteiger partial charge in [0.15, 0.2) is 0 Å². The van der Waals surface area contributed by atoms with Gasteiger partial charge in [-0.1, -0.05) is 54.4 Å². The van der Waals surface area contributed by atoms with E-state index >= 15 is 0 Å². The van der Waals surface area contributed by atoms with E-state index in [2.05, 4.69) is 0 Å². The molecule has 6 heteroatoms. The second-order valence-electron chi connectivity index (χ2n) is 7.22. The van der Waals surface area contributed by atoms with E-state index in [0.29, 0.717) is 23.0 Å². The zero-order chi connectivity index (χ0) is 20.3. The topological polar surface area (TPSA) is 57.6 Å². The summed E-state index contributed by atoms with van der Waals surface area (Å²) in [7, 11) is 0. The first-order chi connectivity index (χ1) is 13.4. The normalized spacial score (nSPS) is 22.3. The fourth-order valence-corrected chi connectivity index (χ4v) is 4.45. The van der Waals surface area contributed by atoms with Crippen molar-refractivity contribution in [3.8, 4) is 0 Å². The van der Waals surface area contributed by atoms with Gasteiger partial charge in [0.05, 0.1) is 12.5 Å². The molecule has 1 heterocycles. The molecule has 4 nitrogen and oxygen atoms in total. The van der Waals surface area contributed by atoms with Gasteiger partial charge in [-0.25, -0.2) is 0 Å². The molecule has 1 amide bonds. The number of carbonyl (C=O) groups is 2. The number of carbonyl (C=O) groups excluding carboxylic acids is 1. The van der Waals surface area contributed by atoms with Crippen molar-refractivity contribution in [3.05, 3.63) is 69.7 Å². The number of rotatable bonds is 6. The van der Waals surface area contributed by atoms with Gasteiger partial charge in [0, 0.05) is 28.4 Å². The van der Waals surface area contributed by atoms with Gasteiger partial charge in [-0.2, -0.15) is 0 Å². The van der Waals surface area contributed by atoms with Crippen molar-refractivity contribution in [3.63, 3.8) is 0 Å². The van der Waals surface area contributed by atoms with Gasteiger partial charge >= 0.3 is 5.97 Å². The van der Waals surface area contributed by atoms with Gasteiger partial charge in [-0.05, 0) is 48.2 Å². The van der Waals surface area contributed by atoms with Crippen molar-refractivity contribution in [2.75, 3.05) is 6.54 Å². The molecule has 0 aromatic heterocycles. The number of hydrogen-bond acceptors (Lipinski definition) is 2. The van der Waals surface area contributed by atoms with E-state index in [1.807, 2.05) is 60.4 Å². The minimum absolute atomic E-state index is 0.0477. The van der Waals surface area contributed by atoms with E-state index in [1.165, 1.54) is 0 Å². The molecule has 0 saturated carbocycles. The van der Waals surface area contributed by atoms with Crippen LogP contribution >= 0.6 is 23.2 Å². The summed E-state index contributed by atoms with van der Waals surface area (Å²) in [5.41, 5.74) is 2.00. The summed E-state index contributed by atoms with van der Waals surface area (Å²) in [4.78, 5) is 26.4. The highest BCUT2D eigenvalue weighted by Crippen LogP contribution is 2.46. The number of amides is 1. The van der Waals surface area contributed by atoms with E-state index in [4.69, 9.17) is 23.2 Å². The van der Waals surface area contributed by atoms with Crippen LogP contribution in [0.3, 0.4) is 0 Å². The van der Waals surface area contributed by atoms with E-state index in [1.54, 1.807) is 0 Å². The van der Waals surface area contributed by atoms with E-state index in [0.717, 1.165) is 17.5 Å². The lowest BCUT2D eigenvalue weighted by Gasteiger charge is -2.45. The van der Waals surface area contributed by atoms with Crippen molar-refractivity contribution >= 4 is 35.1 Å². The Kier molecular flexibility index (Phi) is 6.63. The van der Waals surface area contributed by atoms with Crippen molar-refractivity contribution in [2.45, 2.75) is 38.1 Å². The summed E-state index contributed by atoms with van der Waals surface area (Å²) in [6.07, 6.45) is 1.10. The van der Waals surface area contributed by atoms with Crippen LogP contribution in [0.2, 0.25) is 10.0 Å². The van der Waals surface area contributed by atoms with Crippen LogP contribution < -0.4 is 0 Å². The fraction of sp³-hybridized carbons (Fsp3) is 0.364. The first-order valence-corrected chi connectivity index (χ1v) is 10.2. The molecule has 1 fully saturated rings. The maximum absolute atomic E-state index is 13.2. The lowest BCUT2D eigenvalue weighted by atomic mass is 9.75. The maximum Gasteiger partial charge on any atom is 0.304 e. The van der Waals surface area contributed by atoms with Gasteiger partial charge in [0.2, 0.25) is 5.91 Å². The number of carboxylic acids is 1. The van der Waals surface area contributed by atoms with Crippen LogP contribution in [0, 0.1) is 5.92 Å². The lowest BCUT2D eigenvalue weighted by molar-refractivity contribution is -0.149. The van der Waals surface area contributed by atoms with Crippen LogP contribution in [-0.4, -0.2) is 28.4 Å². The molecule has 1 saturated heterocycles. The van der Waals surface area contributed by atoms with E-state index in [9.17, 15) is 14.7 Å². The smallest absolute Gasteiger partial charge is 0.304 e. The van der Waals surface area contributed by atoms with Gasteiger partial charge < -0.3 is 10.0 Å². The molecule has 28 heavy (non-hydrogen) atoms.